The molecule has 0 spiro atoms. The van der Waals surface area contributed by atoms with E-state index in [-0.39, 0.29) is 11.8 Å². The van der Waals surface area contributed by atoms with Gasteiger partial charge in [-0.25, -0.2) is 0 Å². The van der Waals surface area contributed by atoms with Gasteiger partial charge in [0, 0.05) is 25.2 Å². The average Bonchev–Trinajstić information content (AvgIpc) is 2.73. The van der Waals surface area contributed by atoms with E-state index in [0.717, 1.165) is 31.5 Å². The third-order valence-electron chi connectivity index (χ3n) is 4.74. The Bertz CT molecular complexity index is 753. The minimum atomic E-state index is -0.577. The van der Waals surface area contributed by atoms with Crippen molar-refractivity contribution >= 4 is 11.8 Å². The van der Waals surface area contributed by atoms with Gasteiger partial charge in [0.15, 0.2) is 6.10 Å². The molecule has 1 fully saturated rings. The highest BCUT2D eigenvalue weighted by molar-refractivity contribution is 5.94. The first-order valence-electron chi connectivity index (χ1n) is 9.51. The molecule has 1 N–H and O–H groups in total. The topological polar surface area (TPSA) is 58.6 Å². The van der Waals surface area contributed by atoms with E-state index in [0.29, 0.717) is 17.9 Å². The van der Waals surface area contributed by atoms with Crippen molar-refractivity contribution in [3.63, 3.8) is 0 Å². The van der Waals surface area contributed by atoms with Crippen molar-refractivity contribution in [2.24, 2.45) is 0 Å². The summed E-state index contributed by atoms with van der Waals surface area (Å²) in [7, 11) is 0. The number of piperidine rings is 1. The second kappa shape index (κ2) is 9.21. The predicted octanol–water partition coefficient (Wildman–Crippen LogP) is 3.40. The molecule has 1 saturated heterocycles. The number of para-hydroxylation sites is 1. The van der Waals surface area contributed by atoms with Crippen molar-refractivity contribution in [1.29, 1.82) is 0 Å². The van der Waals surface area contributed by atoms with Crippen molar-refractivity contribution in [1.82, 2.24) is 10.2 Å². The quantitative estimate of drug-likeness (QED) is 0.852. The highest BCUT2D eigenvalue weighted by Crippen LogP contribution is 2.14. The summed E-state index contributed by atoms with van der Waals surface area (Å²) in [5, 5.41) is 2.87. The number of rotatable bonds is 6. The summed E-state index contributed by atoms with van der Waals surface area (Å²) >= 11 is 0. The lowest BCUT2D eigenvalue weighted by Crippen LogP contribution is -2.36. The minimum absolute atomic E-state index is 0.0927. The molecule has 1 unspecified atom stereocenters. The van der Waals surface area contributed by atoms with Crippen LogP contribution in [0.4, 0.5) is 0 Å². The maximum absolute atomic E-state index is 12.5. The van der Waals surface area contributed by atoms with Gasteiger partial charge in [-0.2, -0.15) is 0 Å². The number of ether oxygens (including phenoxy) is 1. The van der Waals surface area contributed by atoms with Crippen molar-refractivity contribution in [2.45, 2.75) is 38.8 Å². The fourth-order valence-corrected chi connectivity index (χ4v) is 3.13. The van der Waals surface area contributed by atoms with Gasteiger partial charge in [0.2, 0.25) is 0 Å². The molecule has 5 heteroatoms. The molecule has 3 rings (SSSR count). The number of carbonyl (C=O) groups excluding carboxylic acids is 2. The molecule has 1 atom stereocenters. The molecule has 142 valence electrons. The summed E-state index contributed by atoms with van der Waals surface area (Å²) in [6.45, 7) is 3.81. The van der Waals surface area contributed by atoms with E-state index >= 15 is 0 Å². The molecular formula is C22H26N2O3. The number of hydrogen-bond acceptors (Lipinski definition) is 3. The summed E-state index contributed by atoms with van der Waals surface area (Å²) in [6, 6.07) is 16.7. The molecule has 27 heavy (non-hydrogen) atoms. The highest BCUT2D eigenvalue weighted by atomic mass is 16.5. The highest BCUT2D eigenvalue weighted by Gasteiger charge is 2.18. The van der Waals surface area contributed by atoms with Gasteiger partial charge in [-0.3, -0.25) is 9.59 Å². The van der Waals surface area contributed by atoms with E-state index in [9.17, 15) is 9.59 Å². The van der Waals surface area contributed by atoms with Gasteiger partial charge in [-0.1, -0.05) is 30.3 Å². The Labute approximate surface area is 160 Å². The van der Waals surface area contributed by atoms with Crippen molar-refractivity contribution < 1.29 is 14.3 Å². The van der Waals surface area contributed by atoms with Crippen LogP contribution in [0.3, 0.4) is 0 Å². The van der Waals surface area contributed by atoms with E-state index < -0.39 is 6.10 Å². The second-order valence-corrected chi connectivity index (χ2v) is 6.84. The monoisotopic (exact) mass is 366 g/mol. The van der Waals surface area contributed by atoms with Crippen LogP contribution in [0.15, 0.2) is 54.6 Å². The number of nitrogens with one attached hydrogen (secondary N) is 1. The molecule has 0 aliphatic carbocycles. The van der Waals surface area contributed by atoms with Crippen molar-refractivity contribution in [3.05, 3.63) is 65.7 Å². The van der Waals surface area contributed by atoms with Crippen LogP contribution in [0, 0.1) is 0 Å². The zero-order chi connectivity index (χ0) is 19.1. The maximum atomic E-state index is 12.5. The Morgan fingerprint density at radius 1 is 1.00 bits per heavy atom. The van der Waals surface area contributed by atoms with E-state index in [2.05, 4.69) is 5.32 Å². The fraction of sp³-hybridized carbons (Fsp3) is 0.364. The van der Waals surface area contributed by atoms with Gasteiger partial charge in [0.05, 0.1) is 0 Å². The number of amides is 2. The van der Waals surface area contributed by atoms with E-state index in [4.69, 9.17) is 4.74 Å². The minimum Gasteiger partial charge on any atom is -0.481 e. The molecule has 2 aromatic carbocycles. The first-order valence-corrected chi connectivity index (χ1v) is 9.51. The number of benzene rings is 2. The molecule has 0 bridgehead atoms. The van der Waals surface area contributed by atoms with Gasteiger partial charge in [0.1, 0.15) is 5.75 Å². The molecule has 1 aliphatic rings. The number of likely N-dealkylation sites (tertiary alicyclic amines) is 1. The summed E-state index contributed by atoms with van der Waals surface area (Å²) in [4.78, 5) is 26.6. The molecule has 1 heterocycles. The van der Waals surface area contributed by atoms with Gasteiger partial charge >= 0.3 is 0 Å². The molecule has 0 saturated carbocycles. The summed E-state index contributed by atoms with van der Waals surface area (Å²) in [5.74, 6) is 0.586. The Balaban J connectivity index is 1.49. The molecule has 1 aliphatic heterocycles. The van der Waals surface area contributed by atoms with E-state index in [1.54, 1.807) is 6.92 Å². The molecule has 2 amide bonds. The van der Waals surface area contributed by atoms with Gasteiger partial charge < -0.3 is 15.0 Å². The molecular weight excluding hydrogens is 340 g/mol. The van der Waals surface area contributed by atoms with Gasteiger partial charge in [0.25, 0.3) is 11.8 Å². The summed E-state index contributed by atoms with van der Waals surface area (Å²) < 4.78 is 5.62. The molecule has 0 aromatic heterocycles. The van der Waals surface area contributed by atoms with Crippen LogP contribution >= 0.6 is 0 Å². The van der Waals surface area contributed by atoms with Crippen LogP contribution in [0.1, 0.15) is 42.1 Å². The van der Waals surface area contributed by atoms with E-state index in [1.807, 2.05) is 59.5 Å². The standard InChI is InChI=1S/C22H26N2O3/c1-17(27-20-8-4-2-5-9-20)21(25)23-16-18-10-12-19(13-11-18)22(26)24-14-6-3-7-15-24/h2,4-5,8-13,17H,3,6-7,14-16H2,1H3,(H,23,25). The third-order valence-corrected chi connectivity index (χ3v) is 4.74. The molecule has 0 radical (unpaired) electrons. The van der Waals surface area contributed by atoms with Gasteiger partial charge in [-0.05, 0) is 56.0 Å². The largest absolute Gasteiger partial charge is 0.481 e. The van der Waals surface area contributed by atoms with Crippen LogP contribution in [0.5, 0.6) is 5.75 Å². The van der Waals surface area contributed by atoms with Crippen molar-refractivity contribution in [2.75, 3.05) is 13.1 Å². The Morgan fingerprint density at radius 2 is 1.67 bits per heavy atom. The average molecular weight is 366 g/mol. The third kappa shape index (κ3) is 5.33. The summed E-state index contributed by atoms with van der Waals surface area (Å²) in [6.07, 6.45) is 2.79. The van der Waals surface area contributed by atoms with Crippen LogP contribution in [0.2, 0.25) is 0 Å². The first-order chi connectivity index (χ1) is 13.1. The Kier molecular flexibility index (Phi) is 6.47. The number of hydrogen-bond donors (Lipinski definition) is 1. The fourth-order valence-electron chi connectivity index (χ4n) is 3.13. The SMILES string of the molecule is CC(Oc1ccccc1)C(=O)NCc1ccc(C(=O)N2CCCCC2)cc1. The normalized spacial score (nSPS) is 15.1. The predicted molar refractivity (Wildman–Crippen MR) is 105 cm³/mol. The lowest BCUT2D eigenvalue weighted by atomic mass is 10.1. The molecule has 5 nitrogen and oxygen atoms in total. The Hall–Kier alpha value is -2.82. The summed E-state index contributed by atoms with van der Waals surface area (Å²) in [5.41, 5.74) is 1.65. The van der Waals surface area contributed by atoms with Crippen LogP contribution in [-0.4, -0.2) is 35.9 Å². The van der Waals surface area contributed by atoms with Gasteiger partial charge in [-0.15, -0.1) is 0 Å². The zero-order valence-electron chi connectivity index (χ0n) is 15.7. The first kappa shape index (κ1) is 19.0. The Morgan fingerprint density at radius 3 is 2.33 bits per heavy atom. The maximum Gasteiger partial charge on any atom is 0.261 e. The lowest BCUT2D eigenvalue weighted by molar-refractivity contribution is -0.127. The number of carbonyl (C=O) groups is 2. The lowest BCUT2D eigenvalue weighted by Gasteiger charge is -2.26. The van der Waals surface area contributed by atoms with E-state index in [1.165, 1.54) is 6.42 Å². The smallest absolute Gasteiger partial charge is 0.261 e. The van der Waals surface area contributed by atoms with Crippen LogP contribution in [-0.2, 0) is 11.3 Å². The zero-order valence-corrected chi connectivity index (χ0v) is 15.7. The second-order valence-electron chi connectivity index (χ2n) is 6.84. The molecule has 2 aromatic rings. The number of nitrogens with zero attached hydrogens (tertiary/aromatic N) is 1. The van der Waals surface area contributed by atoms with Crippen LogP contribution in [0.25, 0.3) is 0 Å². The van der Waals surface area contributed by atoms with Crippen LogP contribution < -0.4 is 10.1 Å². The van der Waals surface area contributed by atoms with Crippen molar-refractivity contribution in [3.8, 4) is 5.75 Å².